The quantitative estimate of drug-likeness (QED) is 0.779. The van der Waals surface area contributed by atoms with E-state index in [4.69, 9.17) is 9.47 Å². The van der Waals surface area contributed by atoms with Crippen LogP contribution in [0.15, 0.2) is 22.8 Å². The Morgan fingerprint density at radius 1 is 1.23 bits per heavy atom. The smallest absolute Gasteiger partial charge is 0.198 e. The van der Waals surface area contributed by atoms with Crippen LogP contribution in [-0.4, -0.2) is 36.0 Å². The maximum Gasteiger partial charge on any atom is 0.198 e. The van der Waals surface area contributed by atoms with Crippen molar-refractivity contribution < 1.29 is 19.4 Å². The molecule has 4 heteroatoms. The predicted octanol–water partition coefficient (Wildman–Crippen LogP) is 3.54. The Hall–Kier alpha value is -0.970. The van der Waals surface area contributed by atoms with Gasteiger partial charge in [0, 0.05) is 18.8 Å². The fourth-order valence-corrected chi connectivity index (χ4v) is 6.96. The van der Waals surface area contributed by atoms with Gasteiger partial charge in [-0.2, -0.15) is 0 Å². The van der Waals surface area contributed by atoms with Gasteiger partial charge in [-0.3, -0.25) is 4.79 Å². The number of aliphatic hydroxyl groups excluding tert-OH is 1. The van der Waals surface area contributed by atoms with Gasteiger partial charge in [-0.1, -0.05) is 18.6 Å². The van der Waals surface area contributed by atoms with Gasteiger partial charge in [0.2, 0.25) is 0 Å². The summed E-state index contributed by atoms with van der Waals surface area (Å²) in [6.07, 6.45) is 8.67. The molecular weight excluding hydrogens is 328 g/mol. The number of ether oxygens (including phenoxy) is 2. The number of hydrogen-bond acceptors (Lipinski definition) is 4. The average molecular weight is 358 g/mol. The van der Waals surface area contributed by atoms with Gasteiger partial charge < -0.3 is 14.6 Å². The molecule has 1 aliphatic heterocycles. The normalized spacial score (nSPS) is 43.7. The van der Waals surface area contributed by atoms with E-state index in [0.29, 0.717) is 43.7 Å². The summed E-state index contributed by atoms with van der Waals surface area (Å²) in [7, 11) is 0. The number of Topliss-reactive ketones (excluding diaryl/α,β-unsaturated/α-hetero) is 1. The summed E-state index contributed by atoms with van der Waals surface area (Å²) in [5.74, 6) is 0.970. The minimum absolute atomic E-state index is 0.129. The molecule has 1 unspecified atom stereocenters. The number of fused-ring (bicyclic) bond motifs is 4. The van der Waals surface area contributed by atoms with Crippen LogP contribution in [0.4, 0.5) is 0 Å². The summed E-state index contributed by atoms with van der Waals surface area (Å²) in [5, 5.41) is 10.8. The van der Waals surface area contributed by atoms with Gasteiger partial charge in [0.25, 0.3) is 0 Å². The van der Waals surface area contributed by atoms with E-state index in [2.05, 4.69) is 13.0 Å². The third kappa shape index (κ3) is 2.22. The van der Waals surface area contributed by atoms with E-state index < -0.39 is 11.9 Å². The number of aliphatic hydroxyl groups is 1. The highest BCUT2D eigenvalue weighted by Crippen LogP contribution is 2.61. The molecule has 1 spiro atoms. The maximum absolute atomic E-state index is 12.2. The maximum atomic E-state index is 12.2. The second kappa shape index (κ2) is 5.76. The number of rotatable bonds is 1. The Bertz CT molecular complexity index is 699. The Balaban J connectivity index is 1.49. The van der Waals surface area contributed by atoms with Gasteiger partial charge in [-0.15, -0.1) is 0 Å². The molecule has 0 aromatic rings. The van der Waals surface area contributed by atoms with Crippen LogP contribution < -0.4 is 0 Å². The molecule has 0 aromatic carbocycles. The third-order valence-electron chi connectivity index (χ3n) is 8.22. The molecule has 0 amide bonds. The van der Waals surface area contributed by atoms with Gasteiger partial charge in [0.1, 0.15) is 11.9 Å². The first-order chi connectivity index (χ1) is 12.4. The van der Waals surface area contributed by atoms with Crippen molar-refractivity contribution in [3.05, 3.63) is 22.8 Å². The van der Waals surface area contributed by atoms with Gasteiger partial charge in [-0.05, 0) is 67.4 Å². The van der Waals surface area contributed by atoms with E-state index in [1.807, 2.05) is 0 Å². The van der Waals surface area contributed by atoms with Crippen molar-refractivity contribution in [3.63, 3.8) is 0 Å². The molecule has 4 nitrogen and oxygen atoms in total. The summed E-state index contributed by atoms with van der Waals surface area (Å²) in [5.41, 5.74) is 4.42. The molecule has 1 heterocycles. The van der Waals surface area contributed by atoms with Crippen LogP contribution in [0.2, 0.25) is 0 Å². The van der Waals surface area contributed by atoms with Crippen molar-refractivity contribution in [2.75, 3.05) is 13.2 Å². The monoisotopic (exact) mass is 358 g/mol. The van der Waals surface area contributed by atoms with E-state index in [1.54, 1.807) is 6.92 Å². The summed E-state index contributed by atoms with van der Waals surface area (Å²) >= 11 is 0. The molecule has 5 rings (SSSR count). The minimum Gasteiger partial charge on any atom is -0.387 e. The zero-order valence-corrected chi connectivity index (χ0v) is 15.9. The molecule has 5 atom stereocenters. The van der Waals surface area contributed by atoms with Crippen molar-refractivity contribution in [2.24, 2.45) is 23.2 Å². The summed E-state index contributed by atoms with van der Waals surface area (Å²) in [6.45, 7) is 5.28. The Labute approximate surface area is 155 Å². The number of ketones is 1. The van der Waals surface area contributed by atoms with Crippen LogP contribution in [-0.2, 0) is 14.3 Å². The van der Waals surface area contributed by atoms with Gasteiger partial charge in [0.05, 0.1) is 13.2 Å². The van der Waals surface area contributed by atoms with Crippen molar-refractivity contribution in [3.8, 4) is 0 Å². The summed E-state index contributed by atoms with van der Waals surface area (Å²) in [4.78, 5) is 12.2. The molecule has 1 saturated heterocycles. The summed E-state index contributed by atoms with van der Waals surface area (Å²) < 4.78 is 11.7. The molecule has 0 bridgehead atoms. The molecular formula is C22H30O4. The van der Waals surface area contributed by atoms with Crippen LogP contribution >= 0.6 is 0 Å². The molecule has 1 saturated carbocycles. The lowest BCUT2D eigenvalue weighted by Gasteiger charge is -2.49. The number of allylic oxidation sites excluding steroid dienone is 2. The lowest BCUT2D eigenvalue weighted by Crippen LogP contribution is -2.48. The Morgan fingerprint density at radius 3 is 2.73 bits per heavy atom. The van der Waals surface area contributed by atoms with Gasteiger partial charge >= 0.3 is 0 Å². The van der Waals surface area contributed by atoms with Crippen LogP contribution in [0.3, 0.4) is 0 Å². The van der Waals surface area contributed by atoms with Crippen LogP contribution in [0.25, 0.3) is 0 Å². The molecule has 0 aromatic heterocycles. The first-order valence-electron chi connectivity index (χ1n) is 10.3. The van der Waals surface area contributed by atoms with E-state index in [1.165, 1.54) is 29.6 Å². The van der Waals surface area contributed by atoms with E-state index >= 15 is 0 Å². The molecule has 4 aliphatic carbocycles. The average Bonchev–Trinajstić information content (AvgIpc) is 3.20. The fourth-order valence-electron chi connectivity index (χ4n) is 6.96. The van der Waals surface area contributed by atoms with Gasteiger partial charge in [0.15, 0.2) is 5.79 Å². The van der Waals surface area contributed by atoms with E-state index in [-0.39, 0.29) is 11.3 Å². The molecule has 5 aliphatic rings. The Kier molecular flexibility index (Phi) is 3.80. The highest BCUT2D eigenvalue weighted by Gasteiger charge is 2.56. The Morgan fingerprint density at radius 2 is 2.00 bits per heavy atom. The third-order valence-corrected chi connectivity index (χ3v) is 8.22. The minimum atomic E-state index is -0.789. The molecule has 26 heavy (non-hydrogen) atoms. The zero-order chi connectivity index (χ0) is 18.1. The molecule has 0 radical (unpaired) electrons. The lowest BCUT2D eigenvalue weighted by molar-refractivity contribution is -0.222. The largest absolute Gasteiger partial charge is 0.387 e. The molecule has 142 valence electrons. The highest BCUT2D eigenvalue weighted by atomic mass is 16.7. The van der Waals surface area contributed by atoms with Crippen molar-refractivity contribution in [1.82, 2.24) is 0 Å². The standard InChI is InChI=1S/C22H30O4/c1-13(23)18-5-6-19-16-4-3-14-12-22(25-9-10-26-22)20(24)11-17(14)15(16)7-8-21(18,19)2/h7,16,18-20,24H,3-6,8-12H2,1-2H3/t16-,18-,19+,20?,21-/m1/s1. The molecule has 2 fully saturated rings. The lowest BCUT2D eigenvalue weighted by atomic mass is 9.56. The predicted molar refractivity (Wildman–Crippen MR) is 97.3 cm³/mol. The number of hydrogen-bond donors (Lipinski definition) is 1. The van der Waals surface area contributed by atoms with E-state index in [0.717, 1.165) is 19.3 Å². The highest BCUT2D eigenvalue weighted by molar-refractivity contribution is 5.79. The zero-order valence-electron chi connectivity index (χ0n) is 15.9. The number of carbonyl (C=O) groups excluding carboxylic acids is 1. The van der Waals surface area contributed by atoms with Crippen LogP contribution in [0.1, 0.15) is 58.8 Å². The van der Waals surface area contributed by atoms with Crippen molar-refractivity contribution >= 4 is 5.78 Å². The first-order valence-corrected chi connectivity index (χ1v) is 10.3. The fraction of sp³-hybridized carbons (Fsp3) is 0.773. The first kappa shape index (κ1) is 17.2. The summed E-state index contributed by atoms with van der Waals surface area (Å²) in [6, 6.07) is 0. The van der Waals surface area contributed by atoms with Crippen LogP contribution in [0.5, 0.6) is 0 Å². The number of carbonyl (C=O) groups is 1. The molecule has 1 N–H and O–H groups in total. The van der Waals surface area contributed by atoms with Gasteiger partial charge in [-0.25, -0.2) is 0 Å². The van der Waals surface area contributed by atoms with Crippen molar-refractivity contribution in [2.45, 2.75) is 70.7 Å². The van der Waals surface area contributed by atoms with Crippen molar-refractivity contribution in [1.29, 1.82) is 0 Å². The second-order valence-electron chi connectivity index (χ2n) is 9.35. The topological polar surface area (TPSA) is 55.8 Å². The second-order valence-corrected chi connectivity index (χ2v) is 9.35. The van der Waals surface area contributed by atoms with E-state index in [9.17, 15) is 9.90 Å². The SMILES string of the molecule is CC(=O)[C@H]1CC[C@H]2[C@@H]3CCC4=C(CC(O)C5(C4)OCCO5)C3=CC[C@]12C. The van der Waals surface area contributed by atoms with Crippen LogP contribution in [0, 0.1) is 23.2 Å².